The van der Waals surface area contributed by atoms with Gasteiger partial charge < -0.3 is 10.5 Å². The lowest BCUT2D eigenvalue weighted by atomic mass is 9.91. The Morgan fingerprint density at radius 3 is 2.76 bits per heavy atom. The first-order valence-electron chi connectivity index (χ1n) is 6.59. The van der Waals surface area contributed by atoms with Gasteiger partial charge in [-0.05, 0) is 63.1 Å². The quantitative estimate of drug-likeness (QED) is 0.867. The topological polar surface area (TPSA) is 35.2 Å². The van der Waals surface area contributed by atoms with E-state index in [1.807, 2.05) is 13.8 Å². The lowest BCUT2D eigenvalue weighted by Gasteiger charge is -2.22. The Morgan fingerprint density at radius 1 is 1.24 bits per heavy atom. The highest BCUT2D eigenvalue weighted by molar-refractivity contribution is 5.41. The van der Waals surface area contributed by atoms with Gasteiger partial charge in [-0.2, -0.15) is 0 Å². The smallest absolute Gasteiger partial charge is 0.122 e. The monoisotopic (exact) mass is 233 g/mol. The van der Waals surface area contributed by atoms with Gasteiger partial charge in [0, 0.05) is 5.54 Å². The first-order valence-corrected chi connectivity index (χ1v) is 6.59. The fraction of sp³-hybridized carbons (Fsp3) is 0.600. The van der Waals surface area contributed by atoms with Crippen molar-refractivity contribution in [2.75, 3.05) is 6.61 Å². The van der Waals surface area contributed by atoms with Crippen LogP contribution in [0.1, 0.15) is 44.2 Å². The Labute approximate surface area is 104 Å². The minimum absolute atomic E-state index is 0.144. The number of aryl methyl sites for hydroxylation is 1. The van der Waals surface area contributed by atoms with Gasteiger partial charge in [0.2, 0.25) is 0 Å². The molecule has 1 aromatic rings. The summed E-state index contributed by atoms with van der Waals surface area (Å²) in [5, 5.41) is 0. The first-order chi connectivity index (χ1) is 8.06. The molecule has 0 saturated carbocycles. The molecule has 0 amide bonds. The minimum Gasteiger partial charge on any atom is -0.493 e. The molecule has 0 spiro atoms. The molecule has 2 nitrogen and oxygen atoms in total. The largest absolute Gasteiger partial charge is 0.493 e. The van der Waals surface area contributed by atoms with Gasteiger partial charge in [0.25, 0.3) is 0 Å². The first kappa shape index (κ1) is 12.4. The van der Waals surface area contributed by atoms with Crippen molar-refractivity contribution in [1.29, 1.82) is 0 Å². The molecule has 2 N–H and O–H groups in total. The van der Waals surface area contributed by atoms with Crippen molar-refractivity contribution in [1.82, 2.24) is 0 Å². The fourth-order valence-corrected chi connectivity index (χ4v) is 2.31. The molecule has 1 aliphatic carbocycles. The van der Waals surface area contributed by atoms with Crippen molar-refractivity contribution in [3.8, 4) is 5.75 Å². The minimum atomic E-state index is -0.144. The highest BCUT2D eigenvalue weighted by atomic mass is 16.5. The maximum absolute atomic E-state index is 5.96. The summed E-state index contributed by atoms with van der Waals surface area (Å²) in [6.07, 6.45) is 5.85. The second-order valence-corrected chi connectivity index (χ2v) is 5.69. The lowest BCUT2D eigenvalue weighted by Crippen LogP contribution is -2.33. The molecule has 1 aliphatic rings. The summed E-state index contributed by atoms with van der Waals surface area (Å²) in [6, 6.07) is 6.43. The van der Waals surface area contributed by atoms with Gasteiger partial charge in [-0.15, -0.1) is 0 Å². The van der Waals surface area contributed by atoms with Crippen molar-refractivity contribution in [3.05, 3.63) is 29.3 Å². The molecular weight excluding hydrogens is 210 g/mol. The average molecular weight is 233 g/mol. The van der Waals surface area contributed by atoms with Crippen LogP contribution in [0.25, 0.3) is 0 Å². The summed E-state index contributed by atoms with van der Waals surface area (Å²) < 4.78 is 5.90. The van der Waals surface area contributed by atoms with Crippen molar-refractivity contribution in [2.45, 2.75) is 51.5 Å². The fourth-order valence-electron chi connectivity index (χ4n) is 2.31. The summed E-state index contributed by atoms with van der Waals surface area (Å²) in [4.78, 5) is 0. The van der Waals surface area contributed by atoms with E-state index in [4.69, 9.17) is 10.5 Å². The molecule has 0 saturated heterocycles. The van der Waals surface area contributed by atoms with E-state index in [9.17, 15) is 0 Å². The summed E-state index contributed by atoms with van der Waals surface area (Å²) >= 11 is 0. The van der Waals surface area contributed by atoms with Crippen LogP contribution in [0.3, 0.4) is 0 Å². The van der Waals surface area contributed by atoms with E-state index in [1.165, 1.54) is 30.4 Å². The zero-order valence-corrected chi connectivity index (χ0v) is 11.0. The van der Waals surface area contributed by atoms with Crippen molar-refractivity contribution < 1.29 is 4.74 Å². The van der Waals surface area contributed by atoms with Crippen LogP contribution in [0.15, 0.2) is 18.2 Å². The third kappa shape index (κ3) is 3.47. The van der Waals surface area contributed by atoms with Crippen LogP contribution in [0.5, 0.6) is 5.75 Å². The van der Waals surface area contributed by atoms with Crippen LogP contribution in [0.2, 0.25) is 0 Å². The van der Waals surface area contributed by atoms with E-state index in [2.05, 4.69) is 18.2 Å². The Hall–Kier alpha value is -1.02. The van der Waals surface area contributed by atoms with Crippen LogP contribution in [-0.2, 0) is 12.8 Å². The summed E-state index contributed by atoms with van der Waals surface area (Å²) in [6.45, 7) is 4.79. The second kappa shape index (κ2) is 5.09. The van der Waals surface area contributed by atoms with E-state index in [1.54, 1.807) is 0 Å². The van der Waals surface area contributed by atoms with Gasteiger partial charge in [0.05, 0.1) is 6.61 Å². The number of nitrogens with two attached hydrogens (primary N) is 1. The lowest BCUT2D eigenvalue weighted by molar-refractivity contribution is 0.271. The molecule has 0 heterocycles. The molecule has 2 heteroatoms. The number of hydrogen-bond acceptors (Lipinski definition) is 2. The molecule has 0 aliphatic heterocycles. The number of ether oxygens (including phenoxy) is 1. The number of benzene rings is 1. The Bertz CT molecular complexity index is 379. The molecular formula is C15H23NO. The van der Waals surface area contributed by atoms with Crippen LogP contribution in [0.4, 0.5) is 0 Å². The highest BCUT2D eigenvalue weighted by Crippen LogP contribution is 2.29. The zero-order valence-electron chi connectivity index (χ0n) is 11.0. The molecule has 0 radical (unpaired) electrons. The molecule has 0 unspecified atom stereocenters. The van der Waals surface area contributed by atoms with E-state index in [-0.39, 0.29) is 5.54 Å². The van der Waals surface area contributed by atoms with Crippen molar-refractivity contribution in [3.63, 3.8) is 0 Å². The summed E-state index contributed by atoms with van der Waals surface area (Å²) in [5.41, 5.74) is 8.71. The van der Waals surface area contributed by atoms with Gasteiger partial charge in [0.15, 0.2) is 0 Å². The number of fused-ring (bicyclic) bond motifs is 1. The number of rotatable bonds is 4. The maximum atomic E-state index is 5.96. The molecule has 2 rings (SSSR count). The average Bonchev–Trinajstić information content (AvgIpc) is 2.28. The van der Waals surface area contributed by atoms with Crippen molar-refractivity contribution in [2.24, 2.45) is 5.73 Å². The third-order valence-corrected chi connectivity index (χ3v) is 3.36. The molecule has 0 fully saturated rings. The Kier molecular flexibility index (Phi) is 3.72. The molecule has 0 atom stereocenters. The molecule has 0 aromatic heterocycles. The van der Waals surface area contributed by atoms with Crippen LogP contribution in [0, 0.1) is 0 Å². The van der Waals surface area contributed by atoms with Crippen LogP contribution in [-0.4, -0.2) is 12.1 Å². The SMILES string of the molecule is CC(C)(N)CCOc1cccc2c1CCCC2. The Morgan fingerprint density at radius 2 is 2.00 bits per heavy atom. The van der Waals surface area contributed by atoms with Gasteiger partial charge in [0.1, 0.15) is 5.75 Å². The van der Waals surface area contributed by atoms with Gasteiger partial charge in [-0.1, -0.05) is 12.1 Å². The van der Waals surface area contributed by atoms with Crippen LogP contribution < -0.4 is 10.5 Å². The molecule has 0 bridgehead atoms. The van der Waals surface area contributed by atoms with Gasteiger partial charge in [-0.25, -0.2) is 0 Å². The number of hydrogen-bond donors (Lipinski definition) is 1. The predicted octanol–water partition coefficient (Wildman–Crippen LogP) is 3.07. The van der Waals surface area contributed by atoms with E-state index in [0.29, 0.717) is 6.61 Å². The van der Waals surface area contributed by atoms with Gasteiger partial charge >= 0.3 is 0 Å². The Balaban J connectivity index is 2.01. The van der Waals surface area contributed by atoms with Gasteiger partial charge in [-0.3, -0.25) is 0 Å². The maximum Gasteiger partial charge on any atom is 0.122 e. The molecule has 1 aromatic carbocycles. The molecule has 94 valence electrons. The normalized spacial score (nSPS) is 15.5. The summed E-state index contributed by atoms with van der Waals surface area (Å²) in [7, 11) is 0. The third-order valence-electron chi connectivity index (χ3n) is 3.36. The van der Waals surface area contributed by atoms with E-state index in [0.717, 1.165) is 18.6 Å². The molecule has 17 heavy (non-hydrogen) atoms. The summed E-state index contributed by atoms with van der Waals surface area (Å²) in [5.74, 6) is 1.08. The van der Waals surface area contributed by atoms with Crippen LogP contribution >= 0.6 is 0 Å². The standard InChI is InChI=1S/C15H23NO/c1-15(2,16)10-11-17-14-9-5-7-12-6-3-4-8-13(12)14/h5,7,9H,3-4,6,8,10-11,16H2,1-2H3. The highest BCUT2D eigenvalue weighted by Gasteiger charge is 2.15. The van der Waals surface area contributed by atoms with Crippen molar-refractivity contribution >= 4 is 0 Å². The van der Waals surface area contributed by atoms with E-state index >= 15 is 0 Å². The predicted molar refractivity (Wildman–Crippen MR) is 71.5 cm³/mol. The second-order valence-electron chi connectivity index (χ2n) is 5.69. The zero-order chi connectivity index (χ0) is 12.3. The van der Waals surface area contributed by atoms with E-state index < -0.39 is 0 Å².